The Labute approximate surface area is 124 Å². The summed E-state index contributed by atoms with van der Waals surface area (Å²) in [6, 6.07) is 1.90. The second-order valence-corrected chi connectivity index (χ2v) is 6.69. The summed E-state index contributed by atoms with van der Waals surface area (Å²) in [5, 5.41) is 3.91. The highest BCUT2D eigenvalue weighted by molar-refractivity contribution is 7.18. The summed E-state index contributed by atoms with van der Waals surface area (Å²) in [6.07, 6.45) is 0.918. The van der Waals surface area contributed by atoms with Crippen molar-refractivity contribution < 1.29 is 9.53 Å². The lowest BCUT2D eigenvalue weighted by Crippen LogP contribution is -2.48. The molecule has 1 saturated heterocycles. The number of ether oxygens (including phenoxy) is 1. The normalized spacial score (nSPS) is 18.1. The van der Waals surface area contributed by atoms with E-state index in [-0.39, 0.29) is 11.5 Å². The fraction of sp³-hybridized carbons (Fsp3) is 0.643. The van der Waals surface area contributed by atoms with Crippen LogP contribution < -0.4 is 16.0 Å². The molecule has 0 bridgehead atoms. The summed E-state index contributed by atoms with van der Waals surface area (Å²) in [7, 11) is 0. The van der Waals surface area contributed by atoms with Crippen LogP contribution in [0.5, 0.6) is 0 Å². The van der Waals surface area contributed by atoms with E-state index >= 15 is 0 Å². The van der Waals surface area contributed by atoms with Crippen LogP contribution in [0.2, 0.25) is 0 Å². The van der Waals surface area contributed by atoms with Crippen molar-refractivity contribution in [3.05, 3.63) is 10.9 Å². The third-order valence-electron chi connectivity index (χ3n) is 3.23. The maximum Gasteiger partial charge on any atom is 0.263 e. The van der Waals surface area contributed by atoms with E-state index in [1.54, 1.807) is 0 Å². The van der Waals surface area contributed by atoms with E-state index in [1.807, 2.05) is 13.0 Å². The standard InChI is InChI=1S/C14H23N3O2S/c1-4-5-16-13(18)12-10(15)8-11(20-12)17-6-7-19-14(2,3)9-17/h8H,4-7,9,15H2,1-3H3,(H,16,18). The summed E-state index contributed by atoms with van der Waals surface area (Å²) < 4.78 is 5.71. The zero-order valence-corrected chi connectivity index (χ0v) is 13.2. The summed E-state index contributed by atoms with van der Waals surface area (Å²) in [6.45, 7) is 9.19. The molecule has 2 rings (SSSR count). The van der Waals surface area contributed by atoms with Crippen LogP contribution in [0, 0.1) is 0 Å². The van der Waals surface area contributed by atoms with E-state index in [1.165, 1.54) is 11.3 Å². The molecule has 0 radical (unpaired) electrons. The third-order valence-corrected chi connectivity index (χ3v) is 4.44. The molecule has 5 nitrogen and oxygen atoms in total. The van der Waals surface area contributed by atoms with E-state index in [9.17, 15) is 4.79 Å². The number of nitrogens with zero attached hydrogens (tertiary/aromatic N) is 1. The van der Waals surface area contributed by atoms with Gasteiger partial charge < -0.3 is 20.7 Å². The molecule has 2 heterocycles. The Morgan fingerprint density at radius 3 is 3.00 bits per heavy atom. The van der Waals surface area contributed by atoms with E-state index in [4.69, 9.17) is 10.5 Å². The fourth-order valence-corrected chi connectivity index (χ4v) is 3.27. The zero-order chi connectivity index (χ0) is 14.8. The van der Waals surface area contributed by atoms with Crippen molar-refractivity contribution in [1.29, 1.82) is 0 Å². The Hall–Kier alpha value is -1.27. The van der Waals surface area contributed by atoms with Gasteiger partial charge in [0.1, 0.15) is 4.88 Å². The van der Waals surface area contributed by atoms with Gasteiger partial charge in [-0.25, -0.2) is 0 Å². The topological polar surface area (TPSA) is 67.6 Å². The maximum atomic E-state index is 12.0. The van der Waals surface area contributed by atoms with Gasteiger partial charge in [-0.1, -0.05) is 6.92 Å². The number of hydrogen-bond donors (Lipinski definition) is 2. The minimum atomic E-state index is -0.165. The lowest BCUT2D eigenvalue weighted by Gasteiger charge is -2.38. The lowest BCUT2D eigenvalue weighted by atomic mass is 10.1. The first-order valence-corrected chi connectivity index (χ1v) is 7.81. The number of nitrogens with one attached hydrogen (secondary N) is 1. The SMILES string of the molecule is CCCNC(=O)c1sc(N2CCOC(C)(C)C2)cc1N. The molecular formula is C14H23N3O2S. The molecule has 0 spiro atoms. The summed E-state index contributed by atoms with van der Waals surface area (Å²) in [5.41, 5.74) is 6.37. The number of anilines is 2. The minimum absolute atomic E-state index is 0.0758. The van der Waals surface area contributed by atoms with E-state index in [0.29, 0.717) is 23.7 Å². The smallest absolute Gasteiger partial charge is 0.263 e. The molecule has 0 aromatic carbocycles. The maximum absolute atomic E-state index is 12.0. The predicted octanol–water partition coefficient (Wildman–Crippen LogP) is 2.09. The Morgan fingerprint density at radius 1 is 1.60 bits per heavy atom. The highest BCUT2D eigenvalue weighted by Gasteiger charge is 2.29. The first-order chi connectivity index (χ1) is 9.43. The van der Waals surface area contributed by atoms with E-state index in [0.717, 1.165) is 24.5 Å². The van der Waals surface area contributed by atoms with Gasteiger partial charge in [0, 0.05) is 19.6 Å². The molecule has 6 heteroatoms. The number of hydrogen-bond acceptors (Lipinski definition) is 5. The van der Waals surface area contributed by atoms with Crippen molar-refractivity contribution in [3.8, 4) is 0 Å². The average molecular weight is 297 g/mol. The Balaban J connectivity index is 2.12. The largest absolute Gasteiger partial charge is 0.397 e. The second kappa shape index (κ2) is 6.01. The van der Waals surface area contributed by atoms with Crippen LogP contribution in [0.4, 0.5) is 10.7 Å². The number of carbonyl (C=O) groups is 1. The van der Waals surface area contributed by atoms with Gasteiger partial charge in [-0.15, -0.1) is 11.3 Å². The second-order valence-electron chi connectivity index (χ2n) is 5.65. The Bertz CT molecular complexity index is 485. The molecule has 1 aromatic heterocycles. The zero-order valence-electron chi connectivity index (χ0n) is 12.4. The Morgan fingerprint density at radius 2 is 2.35 bits per heavy atom. The van der Waals surface area contributed by atoms with Crippen LogP contribution >= 0.6 is 11.3 Å². The molecule has 1 aromatic rings. The van der Waals surface area contributed by atoms with Crippen LogP contribution in [0.3, 0.4) is 0 Å². The number of thiophene rings is 1. The first-order valence-electron chi connectivity index (χ1n) is 6.99. The van der Waals surface area contributed by atoms with Crippen molar-refractivity contribution in [2.75, 3.05) is 36.9 Å². The highest BCUT2D eigenvalue weighted by Crippen LogP contribution is 2.34. The third kappa shape index (κ3) is 3.43. The molecule has 1 aliphatic rings. The van der Waals surface area contributed by atoms with Crippen molar-refractivity contribution in [1.82, 2.24) is 5.32 Å². The van der Waals surface area contributed by atoms with Crippen LogP contribution in [0.1, 0.15) is 36.9 Å². The van der Waals surface area contributed by atoms with Crippen molar-refractivity contribution in [2.24, 2.45) is 0 Å². The van der Waals surface area contributed by atoms with Crippen LogP contribution in [0.25, 0.3) is 0 Å². The summed E-state index contributed by atoms with van der Waals surface area (Å²) in [4.78, 5) is 14.9. The van der Waals surface area contributed by atoms with Crippen LogP contribution in [-0.4, -0.2) is 37.7 Å². The van der Waals surface area contributed by atoms with Crippen molar-refractivity contribution in [2.45, 2.75) is 32.8 Å². The fourth-order valence-electron chi connectivity index (χ4n) is 2.25. The number of nitrogens with two attached hydrogens (primary N) is 1. The van der Waals surface area contributed by atoms with Gasteiger partial charge in [-0.3, -0.25) is 4.79 Å². The molecule has 1 amide bonds. The van der Waals surface area contributed by atoms with Crippen LogP contribution in [-0.2, 0) is 4.74 Å². The lowest BCUT2D eigenvalue weighted by molar-refractivity contribution is -0.0275. The van der Waals surface area contributed by atoms with Gasteiger partial charge in [0.2, 0.25) is 0 Å². The molecule has 1 fully saturated rings. The molecule has 112 valence electrons. The molecule has 1 aliphatic heterocycles. The number of rotatable bonds is 4. The van der Waals surface area contributed by atoms with Gasteiger partial charge in [-0.05, 0) is 26.3 Å². The van der Waals surface area contributed by atoms with Gasteiger partial charge in [0.15, 0.2) is 0 Å². The summed E-state index contributed by atoms with van der Waals surface area (Å²) >= 11 is 1.46. The molecule has 0 atom stereocenters. The van der Waals surface area contributed by atoms with Crippen LogP contribution in [0.15, 0.2) is 6.07 Å². The van der Waals surface area contributed by atoms with E-state index in [2.05, 4.69) is 24.1 Å². The molecule has 20 heavy (non-hydrogen) atoms. The van der Waals surface area contributed by atoms with Gasteiger partial charge in [0.05, 0.1) is 22.9 Å². The number of carbonyl (C=O) groups excluding carboxylic acids is 1. The molecular weight excluding hydrogens is 274 g/mol. The number of amides is 1. The molecule has 3 N–H and O–H groups in total. The Kier molecular flexibility index (Phi) is 4.55. The van der Waals surface area contributed by atoms with Gasteiger partial charge >= 0.3 is 0 Å². The summed E-state index contributed by atoms with van der Waals surface area (Å²) in [5.74, 6) is -0.0758. The predicted molar refractivity (Wildman–Crippen MR) is 83.6 cm³/mol. The van der Waals surface area contributed by atoms with Crippen molar-refractivity contribution >= 4 is 27.9 Å². The molecule has 0 aliphatic carbocycles. The monoisotopic (exact) mass is 297 g/mol. The quantitative estimate of drug-likeness (QED) is 0.893. The highest BCUT2D eigenvalue weighted by atomic mass is 32.1. The molecule has 0 saturated carbocycles. The van der Waals surface area contributed by atoms with E-state index < -0.39 is 0 Å². The first kappa shape index (κ1) is 15.1. The number of nitrogen functional groups attached to an aromatic ring is 1. The van der Waals surface area contributed by atoms with Gasteiger partial charge in [-0.2, -0.15) is 0 Å². The average Bonchev–Trinajstić information content (AvgIpc) is 2.77. The number of morpholine rings is 1. The minimum Gasteiger partial charge on any atom is -0.397 e. The van der Waals surface area contributed by atoms with Gasteiger partial charge in [0.25, 0.3) is 5.91 Å². The molecule has 0 unspecified atom stereocenters. The van der Waals surface area contributed by atoms with Crippen molar-refractivity contribution in [3.63, 3.8) is 0 Å².